The maximum Gasteiger partial charge on any atom is 0.135 e. The average molecular weight is 222 g/mol. The topological polar surface area (TPSA) is 84.1 Å². The van der Waals surface area contributed by atoms with Crippen LogP contribution in [0.15, 0.2) is 0 Å². The maximum absolute atomic E-state index is 9.27. The molecule has 0 saturated heterocycles. The molecule has 4 N–H and O–H groups in total. The van der Waals surface area contributed by atoms with Gasteiger partial charge in [-0.3, -0.25) is 0 Å². The molecule has 16 heavy (non-hydrogen) atoms. The Morgan fingerprint density at radius 2 is 2.12 bits per heavy atom. The third-order valence-electron chi connectivity index (χ3n) is 3.09. The third kappa shape index (κ3) is 1.95. The van der Waals surface area contributed by atoms with E-state index in [-0.39, 0.29) is 12.1 Å². The number of aryl methyl sites for hydroxylation is 1. The van der Waals surface area contributed by atoms with Crippen LogP contribution in [0.2, 0.25) is 0 Å². The normalized spacial score (nSPS) is 17.2. The molecule has 1 fully saturated rings. The standard InChI is InChI=1S/C11H18N4O/c1-3-8-13-9(12)7(2)10(14-8)15-11(6-16)4-5-11/h16H,3-6H2,1-2H3,(H3,12,13,14,15). The van der Waals surface area contributed by atoms with Crippen LogP contribution in [-0.2, 0) is 6.42 Å². The van der Waals surface area contributed by atoms with Crippen LogP contribution < -0.4 is 11.1 Å². The molecule has 0 atom stereocenters. The Labute approximate surface area is 95.1 Å². The molecule has 5 heteroatoms. The van der Waals surface area contributed by atoms with Crippen LogP contribution in [0, 0.1) is 6.92 Å². The number of aliphatic hydroxyl groups is 1. The highest BCUT2D eigenvalue weighted by Gasteiger charge is 2.42. The molecule has 0 aromatic carbocycles. The SMILES string of the molecule is CCc1nc(N)c(C)c(NC2(CO)CC2)n1. The molecule has 0 radical (unpaired) electrons. The summed E-state index contributed by atoms with van der Waals surface area (Å²) in [5.41, 5.74) is 6.51. The van der Waals surface area contributed by atoms with Gasteiger partial charge in [0.15, 0.2) is 0 Å². The minimum atomic E-state index is -0.170. The van der Waals surface area contributed by atoms with E-state index in [4.69, 9.17) is 5.73 Å². The minimum absolute atomic E-state index is 0.137. The fourth-order valence-corrected chi connectivity index (χ4v) is 1.59. The lowest BCUT2D eigenvalue weighted by molar-refractivity contribution is 0.266. The molecule has 0 unspecified atom stereocenters. The van der Waals surface area contributed by atoms with E-state index < -0.39 is 0 Å². The quantitative estimate of drug-likeness (QED) is 0.704. The van der Waals surface area contributed by atoms with Crippen molar-refractivity contribution in [1.82, 2.24) is 9.97 Å². The summed E-state index contributed by atoms with van der Waals surface area (Å²) in [7, 11) is 0. The number of aromatic nitrogens is 2. The van der Waals surface area contributed by atoms with E-state index in [9.17, 15) is 5.11 Å². The highest BCUT2D eigenvalue weighted by molar-refractivity contribution is 5.56. The molecule has 1 aliphatic carbocycles. The number of nitrogen functional groups attached to an aromatic ring is 1. The predicted molar refractivity (Wildman–Crippen MR) is 63.2 cm³/mol. The molecule has 88 valence electrons. The first-order valence-electron chi connectivity index (χ1n) is 5.62. The molecule has 0 aliphatic heterocycles. The van der Waals surface area contributed by atoms with Crippen LogP contribution in [0.3, 0.4) is 0 Å². The molecule has 1 saturated carbocycles. The Bertz CT molecular complexity index is 401. The number of hydrogen-bond acceptors (Lipinski definition) is 5. The predicted octanol–water partition coefficient (Wildman–Crippen LogP) is 0.866. The summed E-state index contributed by atoms with van der Waals surface area (Å²) < 4.78 is 0. The van der Waals surface area contributed by atoms with E-state index in [1.54, 1.807) is 0 Å². The first-order valence-corrected chi connectivity index (χ1v) is 5.62. The van der Waals surface area contributed by atoms with Gasteiger partial charge in [0.05, 0.1) is 12.1 Å². The van der Waals surface area contributed by atoms with Gasteiger partial charge in [-0.15, -0.1) is 0 Å². The van der Waals surface area contributed by atoms with Gasteiger partial charge in [-0.1, -0.05) is 6.92 Å². The van der Waals surface area contributed by atoms with Crippen molar-refractivity contribution in [2.24, 2.45) is 0 Å². The zero-order valence-electron chi connectivity index (χ0n) is 9.75. The summed E-state index contributed by atoms with van der Waals surface area (Å²) in [5, 5.41) is 12.5. The van der Waals surface area contributed by atoms with Crippen molar-refractivity contribution in [1.29, 1.82) is 0 Å². The second-order valence-corrected chi connectivity index (χ2v) is 4.42. The largest absolute Gasteiger partial charge is 0.394 e. The zero-order chi connectivity index (χ0) is 11.8. The van der Waals surface area contributed by atoms with Crippen molar-refractivity contribution in [3.63, 3.8) is 0 Å². The number of nitrogens with zero attached hydrogens (tertiary/aromatic N) is 2. The summed E-state index contributed by atoms with van der Waals surface area (Å²) in [6.07, 6.45) is 2.72. The molecule has 2 rings (SSSR count). The van der Waals surface area contributed by atoms with Gasteiger partial charge in [-0.25, -0.2) is 9.97 Å². The molecular weight excluding hydrogens is 204 g/mol. The number of rotatable bonds is 4. The number of aliphatic hydroxyl groups excluding tert-OH is 1. The van der Waals surface area contributed by atoms with Gasteiger partial charge in [0.2, 0.25) is 0 Å². The second kappa shape index (κ2) is 3.90. The van der Waals surface area contributed by atoms with Crippen molar-refractivity contribution in [3.8, 4) is 0 Å². The Balaban J connectivity index is 2.29. The lowest BCUT2D eigenvalue weighted by Crippen LogP contribution is -2.27. The van der Waals surface area contributed by atoms with Crippen molar-refractivity contribution in [2.45, 2.75) is 38.6 Å². The van der Waals surface area contributed by atoms with Crippen LogP contribution in [0.4, 0.5) is 11.6 Å². The van der Waals surface area contributed by atoms with Gasteiger partial charge < -0.3 is 16.2 Å². The van der Waals surface area contributed by atoms with E-state index in [1.165, 1.54) is 0 Å². The average Bonchev–Trinajstić information content (AvgIpc) is 3.05. The molecule has 1 aliphatic rings. The van der Waals surface area contributed by atoms with Gasteiger partial charge in [0, 0.05) is 12.0 Å². The minimum Gasteiger partial charge on any atom is -0.394 e. The monoisotopic (exact) mass is 222 g/mol. The first-order chi connectivity index (χ1) is 7.60. The highest BCUT2D eigenvalue weighted by atomic mass is 16.3. The lowest BCUT2D eigenvalue weighted by atomic mass is 10.2. The Morgan fingerprint density at radius 3 is 2.62 bits per heavy atom. The number of hydrogen-bond donors (Lipinski definition) is 3. The third-order valence-corrected chi connectivity index (χ3v) is 3.09. The van der Waals surface area contributed by atoms with E-state index in [1.807, 2.05) is 13.8 Å². The summed E-state index contributed by atoms with van der Waals surface area (Å²) >= 11 is 0. The highest BCUT2D eigenvalue weighted by Crippen LogP contribution is 2.38. The fraction of sp³-hybridized carbons (Fsp3) is 0.636. The zero-order valence-corrected chi connectivity index (χ0v) is 9.75. The van der Waals surface area contributed by atoms with Gasteiger partial charge >= 0.3 is 0 Å². The lowest BCUT2D eigenvalue weighted by Gasteiger charge is -2.18. The van der Waals surface area contributed by atoms with Gasteiger partial charge in [-0.05, 0) is 19.8 Å². The Hall–Kier alpha value is -1.36. The molecule has 0 amide bonds. The Morgan fingerprint density at radius 1 is 1.44 bits per heavy atom. The van der Waals surface area contributed by atoms with E-state index in [0.717, 1.165) is 36.5 Å². The molecule has 0 spiro atoms. The van der Waals surface area contributed by atoms with Crippen LogP contribution in [0.25, 0.3) is 0 Å². The van der Waals surface area contributed by atoms with Gasteiger partial charge in [0.1, 0.15) is 17.5 Å². The number of nitrogens with two attached hydrogens (primary N) is 1. The number of anilines is 2. The van der Waals surface area contributed by atoms with Crippen LogP contribution in [0.1, 0.15) is 31.2 Å². The van der Waals surface area contributed by atoms with Crippen molar-refractivity contribution >= 4 is 11.6 Å². The summed E-state index contributed by atoms with van der Waals surface area (Å²) in [5.74, 6) is 2.01. The Kier molecular flexibility index (Phi) is 2.71. The molecule has 1 aromatic rings. The molecule has 1 aromatic heterocycles. The molecular formula is C11H18N4O. The van der Waals surface area contributed by atoms with Crippen molar-refractivity contribution in [3.05, 3.63) is 11.4 Å². The van der Waals surface area contributed by atoms with Crippen molar-refractivity contribution in [2.75, 3.05) is 17.7 Å². The molecule has 0 bridgehead atoms. The fourth-order valence-electron chi connectivity index (χ4n) is 1.59. The van der Waals surface area contributed by atoms with Crippen LogP contribution in [-0.4, -0.2) is 27.2 Å². The van der Waals surface area contributed by atoms with Crippen molar-refractivity contribution < 1.29 is 5.11 Å². The molecule has 1 heterocycles. The first kappa shape index (κ1) is 11.1. The smallest absolute Gasteiger partial charge is 0.135 e. The van der Waals surface area contributed by atoms with E-state index in [0.29, 0.717) is 5.82 Å². The van der Waals surface area contributed by atoms with Gasteiger partial charge in [0.25, 0.3) is 0 Å². The van der Waals surface area contributed by atoms with Crippen LogP contribution >= 0.6 is 0 Å². The summed E-state index contributed by atoms with van der Waals surface area (Å²) in [6, 6.07) is 0. The van der Waals surface area contributed by atoms with Gasteiger partial charge in [-0.2, -0.15) is 0 Å². The van der Waals surface area contributed by atoms with E-state index >= 15 is 0 Å². The molecule has 5 nitrogen and oxygen atoms in total. The summed E-state index contributed by atoms with van der Waals surface area (Å²) in [4.78, 5) is 8.60. The van der Waals surface area contributed by atoms with Crippen LogP contribution in [0.5, 0.6) is 0 Å². The maximum atomic E-state index is 9.27. The number of nitrogens with one attached hydrogen (secondary N) is 1. The summed E-state index contributed by atoms with van der Waals surface area (Å²) in [6.45, 7) is 4.02. The van der Waals surface area contributed by atoms with E-state index in [2.05, 4.69) is 15.3 Å². The second-order valence-electron chi connectivity index (χ2n) is 4.42.